The van der Waals surface area contributed by atoms with Gasteiger partial charge in [0.15, 0.2) is 17.5 Å². The van der Waals surface area contributed by atoms with Gasteiger partial charge in [0.1, 0.15) is 53.7 Å². The van der Waals surface area contributed by atoms with E-state index < -0.39 is 195 Å². The number of ketones is 1. The molecule has 3 heterocycles. The largest absolute Gasteiger partial charge is 0.477 e. The first kappa shape index (κ1) is 70.4. The summed E-state index contributed by atoms with van der Waals surface area (Å²) in [5.41, 5.74) is -9.98. The van der Waals surface area contributed by atoms with E-state index in [1.807, 2.05) is 0 Å². The minimum atomic E-state index is -2.58. The molecule has 0 radical (unpaired) electrons. The van der Waals surface area contributed by atoms with Crippen LogP contribution in [-0.4, -0.2) is 175 Å². The van der Waals surface area contributed by atoms with Crippen molar-refractivity contribution in [3.63, 3.8) is 0 Å². The number of rotatable bonds is 21. The summed E-state index contributed by atoms with van der Waals surface area (Å²) >= 11 is 0. The Morgan fingerprint density at radius 1 is 0.814 bits per heavy atom. The topological polar surface area (TPSA) is 369 Å². The summed E-state index contributed by atoms with van der Waals surface area (Å²) in [5.74, 6) is -12.1. The first-order valence-electron chi connectivity index (χ1n) is 31.5. The molecule has 2 saturated carbocycles. The van der Waals surface area contributed by atoms with E-state index in [-0.39, 0.29) is 59.2 Å². The van der Waals surface area contributed by atoms with Crippen molar-refractivity contribution < 1.29 is 105 Å². The molecule has 2 saturated heterocycles. The van der Waals surface area contributed by atoms with Gasteiger partial charge < -0.3 is 64.4 Å². The lowest BCUT2D eigenvalue weighted by Gasteiger charge is -2.67. The van der Waals surface area contributed by atoms with Crippen molar-refractivity contribution in [1.82, 2.24) is 20.9 Å². The summed E-state index contributed by atoms with van der Waals surface area (Å²) in [7, 11) is -1.95. The lowest BCUT2D eigenvalue weighted by atomic mass is 9.44. The van der Waals surface area contributed by atoms with Gasteiger partial charge in [0, 0.05) is 49.8 Å². The number of carbonyl (C=O) groups is 11. The molecule has 2 bridgehead atoms. The van der Waals surface area contributed by atoms with Crippen molar-refractivity contribution >= 4 is 76.2 Å². The molecule has 0 aromatic heterocycles. The lowest BCUT2D eigenvalue weighted by molar-refractivity contribution is -0.346. The van der Waals surface area contributed by atoms with Crippen LogP contribution in [0.4, 0.5) is 4.79 Å². The lowest BCUT2D eigenvalue weighted by Crippen LogP contribution is -2.82. The number of carbonyl (C=O) groups excluding carboxylic acids is 10. The number of aliphatic hydroxyl groups excluding tert-OH is 1. The van der Waals surface area contributed by atoms with Crippen LogP contribution < -0.4 is 16.0 Å². The Balaban J connectivity index is 0.950. The second-order valence-corrected chi connectivity index (χ2v) is 28.0. The zero-order valence-corrected chi connectivity index (χ0v) is 55.2. The Morgan fingerprint density at radius 3 is 2.01 bits per heavy atom. The monoisotopic (exact) mass is 1360 g/mol. The number of nitrogens with one attached hydrogen (secondary N) is 3. The maximum atomic E-state index is 16.0. The number of esters is 5. The highest BCUT2D eigenvalue weighted by molar-refractivity contribution is 7.86. The van der Waals surface area contributed by atoms with E-state index in [9.17, 15) is 62.7 Å². The first-order chi connectivity index (χ1) is 45.9. The van der Waals surface area contributed by atoms with Crippen LogP contribution >= 0.6 is 0 Å². The molecule has 1 unspecified atom stereocenters. The fraction of sp³-hybridized carbons (Fsp3) is 0.443. The maximum Gasteiger partial charge on any atom is 0.407 e. The number of amides is 4. The Hall–Kier alpha value is -9.44. The number of alkyl carbamates (subject to hydrolysis) is 1. The van der Waals surface area contributed by atoms with Crippen LogP contribution in [0.15, 0.2) is 144 Å². The minimum Gasteiger partial charge on any atom is -0.477 e. The number of carboxylic acids is 1. The van der Waals surface area contributed by atoms with Crippen LogP contribution in [0.2, 0.25) is 0 Å². The smallest absolute Gasteiger partial charge is 0.407 e. The highest BCUT2D eigenvalue weighted by Gasteiger charge is 2.78. The number of ether oxygens (including phenoxy) is 7. The number of β-lactam (4-membered cyclic amide) rings is 1. The molecule has 3 aliphatic carbocycles. The Labute approximate surface area is 560 Å². The number of Topliss-reactive ketones (excluding diaryl/α,β-unsaturated/α-hetero) is 1. The summed E-state index contributed by atoms with van der Waals surface area (Å²) in [6.45, 7) is 9.33. The molecule has 3 aliphatic heterocycles. The number of nitrogens with zero attached hydrogens (tertiary/aromatic N) is 1. The van der Waals surface area contributed by atoms with Crippen molar-refractivity contribution in [3.05, 3.63) is 166 Å². The van der Waals surface area contributed by atoms with E-state index in [4.69, 9.17) is 33.2 Å². The van der Waals surface area contributed by atoms with Gasteiger partial charge in [-0.2, -0.15) is 0 Å². The molecule has 97 heavy (non-hydrogen) atoms. The fourth-order valence-electron chi connectivity index (χ4n) is 14.3. The van der Waals surface area contributed by atoms with E-state index in [1.54, 1.807) is 97.1 Å². The zero-order valence-electron chi connectivity index (χ0n) is 54.4. The van der Waals surface area contributed by atoms with E-state index in [2.05, 4.69) is 16.0 Å². The normalized spacial score (nSPS) is 28.3. The second kappa shape index (κ2) is 27.6. The second-order valence-electron chi connectivity index (χ2n) is 26.5. The third-order valence-electron chi connectivity index (χ3n) is 19.6. The van der Waals surface area contributed by atoms with Crippen LogP contribution in [0, 0.1) is 22.2 Å². The van der Waals surface area contributed by atoms with Gasteiger partial charge in [-0.05, 0) is 80.7 Å². The van der Waals surface area contributed by atoms with Crippen molar-refractivity contribution in [3.8, 4) is 0 Å². The van der Waals surface area contributed by atoms with Crippen LogP contribution in [0.5, 0.6) is 0 Å². The number of carboxylic acid groups (broad SMARTS) is 1. The van der Waals surface area contributed by atoms with Crippen LogP contribution in [0.25, 0.3) is 0 Å². The van der Waals surface area contributed by atoms with Gasteiger partial charge in [-0.3, -0.25) is 42.7 Å². The molecular weight excluding hydrogens is 1280 g/mol. The number of benzene rings is 4. The van der Waals surface area contributed by atoms with E-state index >= 15 is 9.59 Å². The third kappa shape index (κ3) is 13.3. The van der Waals surface area contributed by atoms with Crippen molar-refractivity contribution in [2.45, 2.75) is 146 Å². The molecule has 4 aromatic carbocycles. The molecule has 26 nitrogen and oxygen atoms in total. The van der Waals surface area contributed by atoms with Crippen LogP contribution in [-0.2, 0) is 88.7 Å². The summed E-state index contributed by atoms with van der Waals surface area (Å²) < 4.78 is 56.3. The van der Waals surface area contributed by atoms with Gasteiger partial charge in [0.05, 0.1) is 58.0 Å². The highest BCUT2D eigenvalue weighted by atomic mass is 32.2. The van der Waals surface area contributed by atoms with Gasteiger partial charge in [-0.1, -0.05) is 111 Å². The number of hydrogen-bond donors (Lipinski definition) is 6. The van der Waals surface area contributed by atoms with Crippen molar-refractivity contribution in [2.24, 2.45) is 22.2 Å². The molecule has 6 aliphatic rings. The maximum absolute atomic E-state index is 16.0. The Morgan fingerprint density at radius 2 is 1.42 bits per heavy atom. The summed E-state index contributed by atoms with van der Waals surface area (Å²) in [4.78, 5) is 155. The van der Waals surface area contributed by atoms with E-state index in [0.717, 1.165) is 18.7 Å². The molecule has 6 N–H and O–H groups in total. The molecule has 14 atom stereocenters. The standard InChI is InChI=1S/C70H76N4O22S/c1-37-45(33-70(88)57(95-62(84)43-27-19-12-20-28-43)55-68(8,46(77)32-47-69(55,36-91-47)96-39(3)76)56(79)53(92-38(2)75)49(37)67(70,6)7)93-63(85)54(50(41-23-15-10-16-24-41)73-58(80)42-25-17-11-18-26-42)94-64(86)66(4,5)29-30-71-65(87)90-34-44-35-97(89)60-51(59(81)74(60)52(44)61(82)83)72-48(78)31-40-21-13-9-14-22-40/h9-28,45-47,50-51,53-55,57,60,77,88H,29-36H2,1-8H3,(H,71,87)(H,72,78)(H,73,80)(H,82,83)/t45-,46-,47+,50-,51+,53+,54+,55-,57-,60+,68+,69-,70+,97?/m0/s1. The predicted molar refractivity (Wildman–Crippen MR) is 340 cm³/mol. The molecule has 4 aromatic rings. The summed E-state index contributed by atoms with van der Waals surface area (Å²) in [5, 5.41) is 43.4. The molecule has 27 heteroatoms. The molecule has 4 fully saturated rings. The summed E-state index contributed by atoms with van der Waals surface area (Å²) in [6, 6.07) is 29.2. The Kier molecular flexibility index (Phi) is 20.0. The molecule has 4 amide bonds. The highest BCUT2D eigenvalue weighted by Crippen LogP contribution is 2.64. The van der Waals surface area contributed by atoms with Gasteiger partial charge >= 0.3 is 41.9 Å². The predicted octanol–water partition coefficient (Wildman–Crippen LogP) is 4.43. The van der Waals surface area contributed by atoms with Gasteiger partial charge in [0.25, 0.3) is 11.8 Å². The number of aliphatic carboxylic acids is 1. The molecular formula is C70H76N4O22S. The number of fused-ring (bicyclic) bond motifs is 6. The SMILES string of the molecule is CC(=O)O[C@H]1C(=O)[C@@]2(C)[C@H]([C@H](OC(=O)c3ccccc3)[C@]3(O)C[C@H](OC(=O)[C@H](OC(=O)C(C)(C)CCNC(=O)OCC4=C(C(=O)O)N5C(=O)[C@@H](NC(=O)Cc6ccccc6)[C@H]5S(=O)C4)[C@@H](NC(=O)c4ccccc4)c4ccccc4)C(C)=C1C3(C)C)[C@]1(OC(C)=O)CO[C@@H]1C[C@@H]2O. The Bertz CT molecular complexity index is 3900. The van der Waals surface area contributed by atoms with E-state index in [0.29, 0.717) is 5.56 Å². The number of hydrogen-bond acceptors (Lipinski definition) is 21. The van der Waals surface area contributed by atoms with E-state index in [1.165, 1.54) is 65.8 Å². The van der Waals surface area contributed by atoms with Gasteiger partial charge in [0.2, 0.25) is 12.0 Å². The van der Waals surface area contributed by atoms with Crippen molar-refractivity contribution in [1.29, 1.82) is 0 Å². The molecule has 10 rings (SSSR count). The fourth-order valence-corrected chi connectivity index (χ4v) is 16.0. The molecule has 514 valence electrons. The first-order valence-corrected chi connectivity index (χ1v) is 32.9. The van der Waals surface area contributed by atoms with Crippen LogP contribution in [0.3, 0.4) is 0 Å². The number of aliphatic hydroxyl groups is 2. The zero-order chi connectivity index (χ0) is 70.3. The third-order valence-corrected chi connectivity index (χ3v) is 21.2. The quantitative estimate of drug-likeness (QED) is 0.0291. The van der Waals surface area contributed by atoms with Crippen molar-refractivity contribution in [2.75, 3.05) is 25.5 Å². The average Bonchev–Trinajstić information content (AvgIpc) is 0.670. The minimum absolute atomic E-state index is 0.0123. The summed E-state index contributed by atoms with van der Waals surface area (Å²) in [6.07, 6.45) is -13.1. The van der Waals surface area contributed by atoms with Gasteiger partial charge in [-0.15, -0.1) is 0 Å². The van der Waals surface area contributed by atoms with Gasteiger partial charge in [-0.25, -0.2) is 19.2 Å². The van der Waals surface area contributed by atoms with Crippen LogP contribution in [0.1, 0.15) is 113 Å². The average molecular weight is 1360 g/mol. The molecule has 0 spiro atoms.